The fourth-order valence-corrected chi connectivity index (χ4v) is 4.63. The summed E-state index contributed by atoms with van der Waals surface area (Å²) in [6.45, 7) is 0. The maximum atomic E-state index is 5.85. The summed E-state index contributed by atoms with van der Waals surface area (Å²) in [6, 6.07) is 17.7. The molecule has 1 saturated carbocycles. The number of hydrogen-bond donors (Lipinski definition) is 0. The van der Waals surface area contributed by atoms with Crippen LogP contribution in [0.3, 0.4) is 0 Å². The van der Waals surface area contributed by atoms with Crippen LogP contribution in [-0.2, 0) is 15.2 Å². The lowest BCUT2D eigenvalue weighted by Gasteiger charge is -2.37. The molecule has 2 aromatic rings. The van der Waals surface area contributed by atoms with Gasteiger partial charge in [0.05, 0.1) is 11.5 Å². The van der Waals surface area contributed by atoms with Gasteiger partial charge in [0.25, 0.3) is 0 Å². The molecular weight excluding hydrogens is 260 g/mol. The third-order valence-electron chi connectivity index (χ3n) is 5.57. The minimum atomic E-state index is -0.0154. The highest BCUT2D eigenvalue weighted by atomic mass is 17.2. The zero-order chi connectivity index (χ0) is 13.9. The molecule has 2 aliphatic heterocycles. The summed E-state index contributed by atoms with van der Waals surface area (Å²) >= 11 is 0. The van der Waals surface area contributed by atoms with Crippen molar-refractivity contribution in [2.75, 3.05) is 0 Å². The second-order valence-corrected chi connectivity index (χ2v) is 6.48. The summed E-state index contributed by atoms with van der Waals surface area (Å²) in [5.41, 5.74) is 5.60. The SMILES string of the molecule is c1ccc2c(c1)-c1ccccc1C21CCC2CCC1OO2. The van der Waals surface area contributed by atoms with Crippen molar-refractivity contribution < 1.29 is 9.78 Å². The van der Waals surface area contributed by atoms with Crippen LogP contribution in [0, 0.1) is 0 Å². The van der Waals surface area contributed by atoms with E-state index in [0.29, 0.717) is 0 Å². The van der Waals surface area contributed by atoms with Crippen LogP contribution in [0.4, 0.5) is 0 Å². The highest BCUT2D eigenvalue weighted by molar-refractivity contribution is 5.81. The van der Waals surface area contributed by atoms with Gasteiger partial charge in [0.2, 0.25) is 0 Å². The molecule has 2 atom stereocenters. The molecule has 0 aromatic heterocycles. The average molecular weight is 278 g/mol. The predicted molar refractivity (Wildman–Crippen MR) is 80.9 cm³/mol. The van der Waals surface area contributed by atoms with E-state index in [1.54, 1.807) is 0 Å². The van der Waals surface area contributed by atoms with Crippen molar-refractivity contribution in [1.82, 2.24) is 0 Å². The van der Waals surface area contributed by atoms with Gasteiger partial charge in [-0.3, -0.25) is 0 Å². The third-order valence-corrected chi connectivity index (χ3v) is 5.57. The molecule has 0 N–H and O–H groups in total. The molecule has 4 aliphatic rings. The van der Waals surface area contributed by atoms with E-state index in [9.17, 15) is 0 Å². The van der Waals surface area contributed by atoms with Gasteiger partial charge in [-0.15, -0.1) is 0 Å². The van der Waals surface area contributed by atoms with Crippen molar-refractivity contribution in [2.45, 2.75) is 43.3 Å². The van der Waals surface area contributed by atoms with E-state index in [1.165, 1.54) is 22.3 Å². The zero-order valence-corrected chi connectivity index (χ0v) is 11.9. The predicted octanol–water partition coefficient (Wildman–Crippen LogP) is 4.23. The van der Waals surface area contributed by atoms with E-state index in [4.69, 9.17) is 9.78 Å². The van der Waals surface area contributed by atoms with Crippen molar-refractivity contribution in [3.05, 3.63) is 59.7 Å². The maximum absolute atomic E-state index is 5.85. The summed E-state index contributed by atoms with van der Waals surface area (Å²) in [7, 11) is 0. The van der Waals surface area contributed by atoms with Gasteiger partial charge in [-0.2, -0.15) is 0 Å². The molecule has 0 radical (unpaired) electrons. The van der Waals surface area contributed by atoms with Crippen LogP contribution in [0.5, 0.6) is 0 Å². The highest BCUT2D eigenvalue weighted by Gasteiger charge is 2.53. The maximum Gasteiger partial charge on any atom is 0.107 e. The van der Waals surface area contributed by atoms with Crippen LogP contribution < -0.4 is 0 Å². The molecular formula is C19H18O2. The normalized spacial score (nSPS) is 28.2. The van der Waals surface area contributed by atoms with Gasteiger partial charge >= 0.3 is 0 Å². The van der Waals surface area contributed by atoms with Crippen LogP contribution in [0.2, 0.25) is 0 Å². The van der Waals surface area contributed by atoms with Gasteiger partial charge in [0, 0.05) is 0 Å². The summed E-state index contributed by atoms with van der Waals surface area (Å²) in [6.07, 6.45) is 4.83. The molecule has 6 rings (SSSR count). The Morgan fingerprint density at radius 3 is 2.05 bits per heavy atom. The van der Waals surface area contributed by atoms with Crippen LogP contribution in [0.1, 0.15) is 36.8 Å². The number of benzene rings is 2. The van der Waals surface area contributed by atoms with E-state index in [1.807, 2.05) is 0 Å². The topological polar surface area (TPSA) is 18.5 Å². The Morgan fingerprint density at radius 1 is 0.762 bits per heavy atom. The molecule has 0 amide bonds. The summed E-state index contributed by atoms with van der Waals surface area (Å²) in [4.78, 5) is 11.5. The lowest BCUT2D eigenvalue weighted by molar-refractivity contribution is -0.372. The zero-order valence-electron chi connectivity index (χ0n) is 11.9. The molecule has 2 heterocycles. The minimum Gasteiger partial charge on any atom is -0.233 e. The minimum absolute atomic E-state index is 0.0154. The van der Waals surface area contributed by atoms with Crippen LogP contribution >= 0.6 is 0 Å². The molecule has 2 nitrogen and oxygen atoms in total. The molecule has 2 saturated heterocycles. The van der Waals surface area contributed by atoms with Crippen molar-refractivity contribution in [3.8, 4) is 11.1 Å². The third kappa shape index (κ3) is 1.44. The van der Waals surface area contributed by atoms with Gasteiger partial charge in [0.1, 0.15) is 6.10 Å². The summed E-state index contributed by atoms with van der Waals surface area (Å²) < 4.78 is 0. The second kappa shape index (κ2) is 4.19. The summed E-state index contributed by atoms with van der Waals surface area (Å²) in [5, 5.41) is 0. The molecule has 21 heavy (non-hydrogen) atoms. The first-order valence-corrected chi connectivity index (χ1v) is 7.91. The first kappa shape index (κ1) is 12.0. The first-order valence-electron chi connectivity index (χ1n) is 7.91. The van der Waals surface area contributed by atoms with E-state index < -0.39 is 0 Å². The Labute approximate surface area is 124 Å². The number of fused-ring (bicyclic) bond motifs is 6. The molecule has 2 heteroatoms. The Bertz CT molecular complexity index is 653. The van der Waals surface area contributed by atoms with Crippen LogP contribution in [0.25, 0.3) is 11.1 Å². The van der Waals surface area contributed by atoms with E-state index >= 15 is 0 Å². The smallest absolute Gasteiger partial charge is 0.107 e. The lowest BCUT2D eigenvalue weighted by atomic mass is 9.70. The van der Waals surface area contributed by atoms with Crippen molar-refractivity contribution in [1.29, 1.82) is 0 Å². The van der Waals surface area contributed by atoms with Gasteiger partial charge < -0.3 is 0 Å². The van der Waals surface area contributed by atoms with Crippen molar-refractivity contribution in [3.63, 3.8) is 0 Å². The Hall–Kier alpha value is -1.64. The van der Waals surface area contributed by atoms with Crippen molar-refractivity contribution >= 4 is 0 Å². The fraction of sp³-hybridized carbons (Fsp3) is 0.368. The molecule has 3 fully saturated rings. The Morgan fingerprint density at radius 2 is 1.43 bits per heavy atom. The lowest BCUT2D eigenvalue weighted by Crippen LogP contribution is -2.40. The highest BCUT2D eigenvalue weighted by Crippen LogP contribution is 2.57. The molecule has 1 spiro atoms. The number of hydrogen-bond acceptors (Lipinski definition) is 2. The Balaban J connectivity index is 1.83. The van der Waals surface area contributed by atoms with Gasteiger partial charge in [0.15, 0.2) is 0 Å². The molecule has 2 bridgehead atoms. The standard InChI is InChI=1S/C19H18O2/c1-3-7-16-14(5-1)15-6-2-4-8-17(15)19(16)12-11-13-9-10-18(19)21-20-13/h1-8,13,18H,9-12H2. The van der Waals surface area contributed by atoms with Crippen molar-refractivity contribution in [2.24, 2.45) is 0 Å². The van der Waals surface area contributed by atoms with Crippen LogP contribution in [0.15, 0.2) is 48.5 Å². The molecule has 2 unspecified atom stereocenters. The summed E-state index contributed by atoms with van der Waals surface area (Å²) in [5.74, 6) is 0. The quantitative estimate of drug-likeness (QED) is 0.671. The average Bonchev–Trinajstić information content (AvgIpc) is 2.68. The van der Waals surface area contributed by atoms with Gasteiger partial charge in [-0.1, -0.05) is 48.5 Å². The Kier molecular flexibility index (Phi) is 2.38. The monoisotopic (exact) mass is 278 g/mol. The van der Waals surface area contributed by atoms with Crippen LogP contribution in [-0.4, -0.2) is 12.2 Å². The fourth-order valence-electron chi connectivity index (χ4n) is 4.63. The molecule has 106 valence electrons. The van der Waals surface area contributed by atoms with E-state index in [-0.39, 0.29) is 17.6 Å². The first-order chi connectivity index (χ1) is 10.4. The van der Waals surface area contributed by atoms with Gasteiger partial charge in [-0.05, 0) is 47.9 Å². The molecule has 2 aromatic carbocycles. The number of rotatable bonds is 0. The molecule has 2 aliphatic carbocycles. The van der Waals surface area contributed by atoms with E-state index in [2.05, 4.69) is 48.5 Å². The largest absolute Gasteiger partial charge is 0.233 e. The van der Waals surface area contributed by atoms with E-state index in [0.717, 1.165) is 25.7 Å². The second-order valence-electron chi connectivity index (χ2n) is 6.48. The van der Waals surface area contributed by atoms with Gasteiger partial charge in [-0.25, -0.2) is 9.78 Å².